The third-order valence-electron chi connectivity index (χ3n) is 2.79. The van der Waals surface area contributed by atoms with Gasteiger partial charge in [-0.1, -0.05) is 0 Å². The Balaban J connectivity index is 2.20. The van der Waals surface area contributed by atoms with Gasteiger partial charge < -0.3 is 14.6 Å². The van der Waals surface area contributed by atoms with E-state index in [1.54, 1.807) is 24.3 Å². The highest BCUT2D eigenvalue weighted by molar-refractivity contribution is 5.45. The van der Waals surface area contributed by atoms with Crippen molar-refractivity contribution in [3.05, 3.63) is 58.1 Å². The summed E-state index contributed by atoms with van der Waals surface area (Å²) in [4.78, 5) is 10.2. The summed E-state index contributed by atoms with van der Waals surface area (Å²) >= 11 is 0. The molecule has 0 unspecified atom stereocenters. The number of nitrogens with zero attached hydrogens (tertiary/aromatic N) is 1. The lowest BCUT2D eigenvalue weighted by Crippen LogP contribution is -1.95. The summed E-state index contributed by atoms with van der Waals surface area (Å²) in [6.45, 7) is 2.14. The molecule has 0 aliphatic heterocycles. The number of aliphatic hydroxyl groups excluding tert-OH is 1. The maximum atomic E-state index is 10.7. The van der Waals surface area contributed by atoms with Crippen LogP contribution in [0.2, 0.25) is 0 Å². The van der Waals surface area contributed by atoms with Crippen molar-refractivity contribution >= 4 is 5.69 Å². The third-order valence-corrected chi connectivity index (χ3v) is 2.79. The highest BCUT2D eigenvalue weighted by atomic mass is 16.6. The van der Waals surface area contributed by atoms with Crippen molar-refractivity contribution in [3.63, 3.8) is 0 Å². The Hall–Kier alpha value is -2.60. The molecule has 2 aromatic carbocycles. The van der Waals surface area contributed by atoms with E-state index in [2.05, 4.69) is 0 Å². The molecular weight excluding hydrogens is 274 g/mol. The van der Waals surface area contributed by atoms with E-state index in [4.69, 9.17) is 9.47 Å². The Labute approximate surface area is 121 Å². The first-order valence-corrected chi connectivity index (χ1v) is 6.43. The minimum Gasteiger partial charge on any atom is -0.494 e. The lowest BCUT2D eigenvalue weighted by Gasteiger charge is -2.10. The summed E-state index contributed by atoms with van der Waals surface area (Å²) in [5.41, 5.74) is 0.274. The van der Waals surface area contributed by atoms with Gasteiger partial charge in [0.25, 0.3) is 5.69 Å². The zero-order chi connectivity index (χ0) is 15.2. The number of ether oxygens (including phenoxy) is 2. The van der Waals surface area contributed by atoms with Crippen molar-refractivity contribution in [1.29, 1.82) is 0 Å². The zero-order valence-electron chi connectivity index (χ0n) is 11.5. The van der Waals surface area contributed by atoms with E-state index >= 15 is 0 Å². The Bertz CT molecular complexity index is 624. The molecule has 0 aliphatic rings. The lowest BCUT2D eigenvalue weighted by molar-refractivity contribution is -0.385. The van der Waals surface area contributed by atoms with Crippen LogP contribution in [0.4, 0.5) is 5.69 Å². The first kappa shape index (κ1) is 14.8. The fraction of sp³-hybridized carbons (Fsp3) is 0.200. The van der Waals surface area contributed by atoms with E-state index in [-0.39, 0.29) is 12.3 Å². The minimum absolute atomic E-state index is 0.0851. The lowest BCUT2D eigenvalue weighted by atomic mass is 10.2. The van der Waals surface area contributed by atoms with Gasteiger partial charge in [-0.25, -0.2) is 0 Å². The second kappa shape index (κ2) is 6.71. The normalized spacial score (nSPS) is 10.2. The van der Waals surface area contributed by atoms with Crippen LogP contribution in [-0.2, 0) is 6.61 Å². The van der Waals surface area contributed by atoms with Crippen molar-refractivity contribution in [1.82, 2.24) is 0 Å². The van der Waals surface area contributed by atoms with Gasteiger partial charge >= 0.3 is 0 Å². The summed E-state index contributed by atoms with van der Waals surface area (Å²) in [6.07, 6.45) is 0. The molecule has 0 aliphatic carbocycles. The largest absolute Gasteiger partial charge is 0.494 e. The Morgan fingerprint density at radius 3 is 2.38 bits per heavy atom. The van der Waals surface area contributed by atoms with E-state index in [1.807, 2.05) is 6.92 Å². The van der Waals surface area contributed by atoms with E-state index in [0.29, 0.717) is 23.7 Å². The van der Waals surface area contributed by atoms with E-state index in [0.717, 1.165) is 5.75 Å². The molecular formula is C15H15NO5. The van der Waals surface area contributed by atoms with Crippen LogP contribution in [-0.4, -0.2) is 16.6 Å². The molecule has 0 saturated carbocycles. The monoisotopic (exact) mass is 289 g/mol. The van der Waals surface area contributed by atoms with Gasteiger partial charge in [-0.2, -0.15) is 0 Å². The van der Waals surface area contributed by atoms with E-state index in [1.165, 1.54) is 18.2 Å². The molecule has 110 valence electrons. The van der Waals surface area contributed by atoms with E-state index in [9.17, 15) is 15.2 Å². The summed E-state index contributed by atoms with van der Waals surface area (Å²) in [5.74, 6) is 1.67. The van der Waals surface area contributed by atoms with Crippen LogP contribution in [0.5, 0.6) is 17.2 Å². The van der Waals surface area contributed by atoms with Crippen LogP contribution in [0, 0.1) is 10.1 Å². The average Bonchev–Trinajstić information content (AvgIpc) is 2.49. The summed E-state index contributed by atoms with van der Waals surface area (Å²) in [5, 5.41) is 20.0. The van der Waals surface area contributed by atoms with E-state index < -0.39 is 4.92 Å². The number of rotatable bonds is 6. The van der Waals surface area contributed by atoms with Gasteiger partial charge in [0.05, 0.1) is 18.1 Å². The second-order valence-electron chi connectivity index (χ2n) is 4.21. The number of hydrogen-bond acceptors (Lipinski definition) is 5. The van der Waals surface area contributed by atoms with Gasteiger partial charge in [-0.05, 0) is 37.3 Å². The van der Waals surface area contributed by atoms with Gasteiger partial charge in [-0.3, -0.25) is 10.1 Å². The number of non-ortho nitro benzene ring substituents is 1. The first-order valence-electron chi connectivity index (χ1n) is 6.43. The van der Waals surface area contributed by atoms with Crippen LogP contribution in [0.15, 0.2) is 42.5 Å². The summed E-state index contributed by atoms with van der Waals surface area (Å²) < 4.78 is 11.0. The van der Waals surface area contributed by atoms with Gasteiger partial charge in [0, 0.05) is 17.7 Å². The molecule has 2 rings (SSSR count). The van der Waals surface area contributed by atoms with Crippen molar-refractivity contribution < 1.29 is 19.5 Å². The van der Waals surface area contributed by atoms with Gasteiger partial charge in [0.15, 0.2) is 0 Å². The highest BCUT2D eigenvalue weighted by Crippen LogP contribution is 2.29. The topological polar surface area (TPSA) is 81.8 Å². The number of aliphatic hydroxyl groups is 1. The van der Waals surface area contributed by atoms with Crippen LogP contribution >= 0.6 is 0 Å². The minimum atomic E-state index is -0.514. The molecule has 0 aromatic heterocycles. The fourth-order valence-electron chi connectivity index (χ4n) is 1.80. The molecule has 0 saturated heterocycles. The Morgan fingerprint density at radius 1 is 1.14 bits per heavy atom. The smallest absolute Gasteiger partial charge is 0.270 e. The van der Waals surface area contributed by atoms with Crippen molar-refractivity contribution in [3.8, 4) is 17.2 Å². The second-order valence-corrected chi connectivity index (χ2v) is 4.21. The first-order chi connectivity index (χ1) is 10.1. The maximum Gasteiger partial charge on any atom is 0.270 e. The average molecular weight is 289 g/mol. The highest BCUT2D eigenvalue weighted by Gasteiger charge is 2.11. The molecule has 0 heterocycles. The van der Waals surface area contributed by atoms with Crippen LogP contribution in [0.25, 0.3) is 0 Å². The molecule has 6 nitrogen and oxygen atoms in total. The molecule has 0 bridgehead atoms. The van der Waals surface area contributed by atoms with Crippen LogP contribution in [0.3, 0.4) is 0 Å². The third kappa shape index (κ3) is 3.70. The Kier molecular flexibility index (Phi) is 4.73. The fourth-order valence-corrected chi connectivity index (χ4v) is 1.80. The number of nitro groups is 1. The Morgan fingerprint density at radius 2 is 1.81 bits per heavy atom. The van der Waals surface area contributed by atoms with Crippen molar-refractivity contribution in [2.45, 2.75) is 13.5 Å². The SMILES string of the molecule is CCOc1ccc(Oc2ccc([N+](=O)[O-])cc2CO)cc1. The maximum absolute atomic E-state index is 10.7. The molecule has 0 spiro atoms. The quantitative estimate of drug-likeness (QED) is 0.652. The van der Waals surface area contributed by atoms with Crippen molar-refractivity contribution in [2.24, 2.45) is 0 Å². The predicted octanol–water partition coefficient (Wildman–Crippen LogP) is 3.28. The summed E-state index contributed by atoms with van der Waals surface area (Å²) in [7, 11) is 0. The molecule has 0 amide bonds. The van der Waals surface area contributed by atoms with Crippen molar-refractivity contribution in [2.75, 3.05) is 6.61 Å². The molecule has 0 atom stereocenters. The standard InChI is InChI=1S/C15H15NO5/c1-2-20-13-4-6-14(7-5-13)21-15-8-3-12(16(18)19)9-11(15)10-17/h3-9,17H,2,10H2,1H3. The molecule has 1 N–H and O–H groups in total. The number of benzene rings is 2. The van der Waals surface area contributed by atoms with Gasteiger partial charge in [0.1, 0.15) is 17.2 Å². The molecule has 2 aromatic rings. The van der Waals surface area contributed by atoms with Gasteiger partial charge in [-0.15, -0.1) is 0 Å². The van der Waals surface area contributed by atoms with Crippen LogP contribution in [0.1, 0.15) is 12.5 Å². The molecule has 0 fully saturated rings. The van der Waals surface area contributed by atoms with Crippen LogP contribution < -0.4 is 9.47 Å². The summed E-state index contributed by atoms with van der Waals surface area (Å²) in [6, 6.07) is 11.1. The predicted molar refractivity (Wildman–Crippen MR) is 76.7 cm³/mol. The number of nitro benzene ring substituents is 1. The molecule has 6 heteroatoms. The van der Waals surface area contributed by atoms with Gasteiger partial charge in [0.2, 0.25) is 0 Å². The molecule has 0 radical (unpaired) electrons. The number of hydrogen-bond donors (Lipinski definition) is 1. The zero-order valence-corrected chi connectivity index (χ0v) is 11.5. The molecule has 21 heavy (non-hydrogen) atoms.